The summed E-state index contributed by atoms with van der Waals surface area (Å²) >= 11 is 0. The highest BCUT2D eigenvalue weighted by molar-refractivity contribution is 5.55. The van der Waals surface area contributed by atoms with E-state index in [2.05, 4.69) is 18.2 Å². The molecule has 0 radical (unpaired) electrons. The lowest BCUT2D eigenvalue weighted by Gasteiger charge is -2.18. The van der Waals surface area contributed by atoms with Crippen LogP contribution < -0.4 is 19.5 Å². The highest BCUT2D eigenvalue weighted by Gasteiger charge is 2.17. The second-order valence-electron chi connectivity index (χ2n) is 4.01. The van der Waals surface area contributed by atoms with Crippen molar-refractivity contribution in [2.75, 3.05) is 27.9 Å². The van der Waals surface area contributed by atoms with Crippen molar-refractivity contribution in [2.45, 2.75) is 19.4 Å². The molecule has 4 heteroatoms. The van der Waals surface area contributed by atoms with E-state index in [1.165, 1.54) is 0 Å². The quantitative estimate of drug-likeness (QED) is 0.767. The van der Waals surface area contributed by atoms with Crippen molar-refractivity contribution in [1.82, 2.24) is 5.32 Å². The Bertz CT molecular complexity index is 426. The molecule has 0 heterocycles. The summed E-state index contributed by atoms with van der Waals surface area (Å²) in [5, 5.41) is 3.29. The Kier molecular flexibility index (Phi) is 6.04. The number of benzene rings is 1. The Morgan fingerprint density at radius 2 is 1.74 bits per heavy atom. The molecule has 0 fully saturated rings. The highest BCUT2D eigenvalue weighted by atomic mass is 16.5. The Morgan fingerprint density at radius 3 is 2.11 bits per heavy atom. The van der Waals surface area contributed by atoms with E-state index < -0.39 is 0 Å². The molecule has 104 valence electrons. The Morgan fingerprint density at radius 1 is 1.16 bits per heavy atom. The molecular weight excluding hydrogens is 242 g/mol. The van der Waals surface area contributed by atoms with Crippen molar-refractivity contribution in [3.8, 4) is 29.6 Å². The van der Waals surface area contributed by atoms with Crippen LogP contribution in [0.25, 0.3) is 0 Å². The van der Waals surface area contributed by atoms with Crippen LogP contribution in [0.3, 0.4) is 0 Å². The molecule has 1 aromatic rings. The van der Waals surface area contributed by atoms with Crippen LogP contribution in [0.1, 0.15) is 24.9 Å². The number of nitrogens with one attached hydrogen (secondary N) is 1. The first-order chi connectivity index (χ1) is 9.21. The molecule has 1 rings (SSSR count). The minimum atomic E-state index is -0.173. The van der Waals surface area contributed by atoms with Gasteiger partial charge in [0.05, 0.1) is 27.4 Å². The lowest BCUT2D eigenvalue weighted by atomic mass is 10.1. The third kappa shape index (κ3) is 3.55. The minimum absolute atomic E-state index is 0.173. The second-order valence-corrected chi connectivity index (χ2v) is 4.01. The smallest absolute Gasteiger partial charge is 0.203 e. The normalized spacial score (nSPS) is 11.5. The largest absolute Gasteiger partial charge is 0.493 e. The monoisotopic (exact) mass is 263 g/mol. The van der Waals surface area contributed by atoms with E-state index in [1.807, 2.05) is 12.1 Å². The Hall–Kier alpha value is -1.86. The molecule has 0 saturated heterocycles. The van der Waals surface area contributed by atoms with Crippen molar-refractivity contribution in [3.63, 3.8) is 0 Å². The molecular formula is C15H21NO3. The molecule has 4 nitrogen and oxygen atoms in total. The lowest BCUT2D eigenvalue weighted by Crippen LogP contribution is -2.20. The van der Waals surface area contributed by atoms with E-state index in [1.54, 1.807) is 21.3 Å². The van der Waals surface area contributed by atoms with Crippen LogP contribution in [-0.4, -0.2) is 27.9 Å². The van der Waals surface area contributed by atoms with Crippen LogP contribution in [-0.2, 0) is 0 Å². The molecule has 0 spiro atoms. The second kappa shape index (κ2) is 7.55. The summed E-state index contributed by atoms with van der Waals surface area (Å²) in [5.41, 5.74) is 0.922. The zero-order chi connectivity index (χ0) is 14.3. The lowest BCUT2D eigenvalue weighted by molar-refractivity contribution is 0.323. The summed E-state index contributed by atoms with van der Waals surface area (Å²) in [6.45, 7) is 2.95. The Labute approximate surface area is 115 Å². The Balaban J connectivity index is 3.17. The molecule has 0 aliphatic rings. The van der Waals surface area contributed by atoms with Gasteiger partial charge >= 0.3 is 0 Å². The maximum atomic E-state index is 5.57. The summed E-state index contributed by atoms with van der Waals surface area (Å²) < 4.78 is 15.9. The average molecular weight is 263 g/mol. The van der Waals surface area contributed by atoms with Gasteiger partial charge < -0.3 is 14.2 Å². The number of terminal acetylenes is 1. The van der Waals surface area contributed by atoms with E-state index in [4.69, 9.17) is 20.6 Å². The first-order valence-electron chi connectivity index (χ1n) is 6.21. The van der Waals surface area contributed by atoms with Crippen molar-refractivity contribution in [1.29, 1.82) is 0 Å². The number of rotatable bonds is 7. The van der Waals surface area contributed by atoms with Gasteiger partial charge in [-0.2, -0.15) is 0 Å². The van der Waals surface area contributed by atoms with Gasteiger partial charge in [-0.1, -0.05) is 12.8 Å². The van der Waals surface area contributed by atoms with Gasteiger partial charge in [-0.25, -0.2) is 0 Å². The molecule has 0 aliphatic carbocycles. The SMILES string of the molecule is C#CC(NCCC)c1cc(OC)c(OC)c(OC)c1. The number of hydrogen-bond acceptors (Lipinski definition) is 4. The predicted molar refractivity (Wildman–Crippen MR) is 76.0 cm³/mol. The van der Waals surface area contributed by atoms with Gasteiger partial charge in [0.15, 0.2) is 11.5 Å². The number of hydrogen-bond donors (Lipinski definition) is 1. The topological polar surface area (TPSA) is 39.7 Å². The molecule has 1 N–H and O–H groups in total. The molecule has 0 bridgehead atoms. The van der Waals surface area contributed by atoms with Crippen LogP contribution in [0, 0.1) is 12.3 Å². The fourth-order valence-electron chi connectivity index (χ4n) is 1.83. The fraction of sp³-hybridized carbons (Fsp3) is 0.467. The molecule has 1 unspecified atom stereocenters. The molecule has 0 aromatic heterocycles. The minimum Gasteiger partial charge on any atom is -0.493 e. The first kappa shape index (κ1) is 15.2. The zero-order valence-electron chi connectivity index (χ0n) is 11.9. The molecule has 0 amide bonds. The van der Waals surface area contributed by atoms with Gasteiger partial charge in [-0.3, -0.25) is 5.32 Å². The van der Waals surface area contributed by atoms with E-state index in [0.717, 1.165) is 18.5 Å². The summed E-state index contributed by atoms with van der Waals surface area (Å²) in [6.07, 6.45) is 6.59. The number of ether oxygens (including phenoxy) is 3. The van der Waals surface area contributed by atoms with Crippen molar-refractivity contribution in [2.24, 2.45) is 0 Å². The van der Waals surface area contributed by atoms with Crippen LogP contribution in [0.2, 0.25) is 0 Å². The van der Waals surface area contributed by atoms with E-state index >= 15 is 0 Å². The van der Waals surface area contributed by atoms with Crippen LogP contribution >= 0.6 is 0 Å². The van der Waals surface area contributed by atoms with E-state index in [9.17, 15) is 0 Å². The van der Waals surface area contributed by atoms with Gasteiger partial charge in [-0.05, 0) is 30.7 Å². The van der Waals surface area contributed by atoms with Gasteiger partial charge in [0.1, 0.15) is 0 Å². The van der Waals surface area contributed by atoms with E-state index in [0.29, 0.717) is 17.2 Å². The maximum absolute atomic E-state index is 5.57. The highest BCUT2D eigenvalue weighted by Crippen LogP contribution is 2.39. The standard InChI is InChI=1S/C15H21NO3/c1-6-8-16-12(7-2)11-9-13(17-3)15(19-5)14(10-11)18-4/h2,9-10,12,16H,6,8H2,1,3-5H3. The van der Waals surface area contributed by atoms with Gasteiger partial charge in [-0.15, -0.1) is 6.42 Å². The summed E-state index contributed by atoms with van der Waals surface area (Å²) in [5.74, 6) is 4.51. The summed E-state index contributed by atoms with van der Waals surface area (Å²) in [4.78, 5) is 0. The van der Waals surface area contributed by atoms with Crippen LogP contribution in [0.4, 0.5) is 0 Å². The summed E-state index contributed by atoms with van der Waals surface area (Å²) in [6, 6.07) is 3.57. The molecule has 0 saturated carbocycles. The third-order valence-electron chi connectivity index (χ3n) is 2.79. The van der Waals surface area contributed by atoms with Crippen molar-refractivity contribution < 1.29 is 14.2 Å². The first-order valence-corrected chi connectivity index (χ1v) is 6.21. The average Bonchev–Trinajstić information content (AvgIpc) is 2.46. The number of methoxy groups -OCH3 is 3. The van der Waals surface area contributed by atoms with Crippen molar-refractivity contribution in [3.05, 3.63) is 17.7 Å². The maximum Gasteiger partial charge on any atom is 0.203 e. The van der Waals surface area contributed by atoms with E-state index in [-0.39, 0.29) is 6.04 Å². The third-order valence-corrected chi connectivity index (χ3v) is 2.79. The predicted octanol–water partition coefficient (Wildman–Crippen LogP) is 2.39. The summed E-state index contributed by atoms with van der Waals surface area (Å²) in [7, 11) is 4.75. The molecule has 0 aliphatic heterocycles. The molecule has 19 heavy (non-hydrogen) atoms. The zero-order valence-corrected chi connectivity index (χ0v) is 11.9. The van der Waals surface area contributed by atoms with Gasteiger partial charge in [0, 0.05) is 0 Å². The van der Waals surface area contributed by atoms with Crippen LogP contribution in [0.5, 0.6) is 17.2 Å². The van der Waals surface area contributed by atoms with Crippen LogP contribution in [0.15, 0.2) is 12.1 Å². The molecule has 1 aromatic carbocycles. The van der Waals surface area contributed by atoms with Gasteiger partial charge in [0.2, 0.25) is 5.75 Å². The van der Waals surface area contributed by atoms with Gasteiger partial charge in [0.25, 0.3) is 0 Å². The fourth-order valence-corrected chi connectivity index (χ4v) is 1.83. The molecule has 1 atom stereocenters. The van der Waals surface area contributed by atoms with Crippen molar-refractivity contribution >= 4 is 0 Å².